The Kier molecular flexibility index (Phi) is 4.35. The lowest BCUT2D eigenvalue weighted by atomic mass is 10.1. The maximum atomic E-state index is 13.7. The second-order valence-electron chi connectivity index (χ2n) is 4.76. The first-order valence-corrected chi connectivity index (χ1v) is 6.66. The number of nitrogens with two attached hydrogens (primary N) is 1. The SMILES string of the molecule is Cc1cc(C)cc(COc2cccc(F)c2C(N)=S)c1. The number of hydrogen-bond acceptors (Lipinski definition) is 2. The molecule has 20 heavy (non-hydrogen) atoms. The first kappa shape index (κ1) is 14.5. The predicted octanol–water partition coefficient (Wildman–Crippen LogP) is 3.66. The van der Waals surface area contributed by atoms with Crippen molar-refractivity contribution in [3.05, 3.63) is 64.5 Å². The average molecular weight is 289 g/mol. The molecule has 0 atom stereocenters. The van der Waals surface area contributed by atoms with Crippen molar-refractivity contribution in [1.82, 2.24) is 0 Å². The monoisotopic (exact) mass is 289 g/mol. The molecule has 2 N–H and O–H groups in total. The molecule has 0 spiro atoms. The van der Waals surface area contributed by atoms with Gasteiger partial charge in [-0.3, -0.25) is 0 Å². The van der Waals surface area contributed by atoms with Gasteiger partial charge in [0.2, 0.25) is 0 Å². The lowest BCUT2D eigenvalue weighted by Crippen LogP contribution is -2.14. The van der Waals surface area contributed by atoms with E-state index in [-0.39, 0.29) is 10.6 Å². The Morgan fingerprint density at radius 1 is 1.20 bits per heavy atom. The van der Waals surface area contributed by atoms with Gasteiger partial charge in [0.15, 0.2) is 0 Å². The van der Waals surface area contributed by atoms with Crippen molar-refractivity contribution in [1.29, 1.82) is 0 Å². The molecule has 0 bridgehead atoms. The predicted molar refractivity (Wildman–Crippen MR) is 82.5 cm³/mol. The number of thiocarbonyl (C=S) groups is 1. The lowest BCUT2D eigenvalue weighted by Gasteiger charge is -2.12. The molecule has 0 fully saturated rings. The Morgan fingerprint density at radius 3 is 2.45 bits per heavy atom. The van der Waals surface area contributed by atoms with Crippen molar-refractivity contribution in [3.63, 3.8) is 0 Å². The van der Waals surface area contributed by atoms with Crippen molar-refractivity contribution in [2.45, 2.75) is 20.5 Å². The van der Waals surface area contributed by atoms with Gasteiger partial charge in [-0.2, -0.15) is 0 Å². The van der Waals surface area contributed by atoms with Crippen LogP contribution in [0.1, 0.15) is 22.3 Å². The van der Waals surface area contributed by atoms with Crippen LogP contribution in [0.25, 0.3) is 0 Å². The summed E-state index contributed by atoms with van der Waals surface area (Å²) in [5, 5.41) is 0. The molecule has 0 unspecified atom stereocenters. The molecule has 104 valence electrons. The largest absolute Gasteiger partial charge is 0.488 e. The minimum atomic E-state index is -0.463. The van der Waals surface area contributed by atoms with Crippen molar-refractivity contribution in [2.75, 3.05) is 0 Å². The summed E-state index contributed by atoms with van der Waals surface area (Å²) in [4.78, 5) is -0.00137. The average Bonchev–Trinajstić information content (AvgIpc) is 2.34. The van der Waals surface area contributed by atoms with Crippen molar-refractivity contribution < 1.29 is 9.13 Å². The summed E-state index contributed by atoms with van der Waals surface area (Å²) in [7, 11) is 0. The molecular weight excluding hydrogens is 273 g/mol. The maximum Gasteiger partial charge on any atom is 0.137 e. The fourth-order valence-electron chi connectivity index (χ4n) is 2.18. The highest BCUT2D eigenvalue weighted by Crippen LogP contribution is 2.22. The van der Waals surface area contributed by atoms with E-state index in [1.54, 1.807) is 12.1 Å². The molecule has 0 radical (unpaired) electrons. The van der Waals surface area contributed by atoms with Crippen LogP contribution >= 0.6 is 12.2 Å². The minimum Gasteiger partial charge on any atom is -0.488 e. The van der Waals surface area contributed by atoms with Gasteiger partial charge in [-0.05, 0) is 31.5 Å². The second-order valence-corrected chi connectivity index (χ2v) is 5.20. The molecule has 2 aromatic rings. The zero-order valence-corrected chi connectivity index (χ0v) is 12.3. The summed E-state index contributed by atoms with van der Waals surface area (Å²) in [6.45, 7) is 4.40. The number of rotatable bonds is 4. The van der Waals surface area contributed by atoms with Gasteiger partial charge in [0.25, 0.3) is 0 Å². The molecule has 2 rings (SSSR count). The molecule has 2 aromatic carbocycles. The van der Waals surface area contributed by atoms with Gasteiger partial charge in [-0.15, -0.1) is 0 Å². The highest BCUT2D eigenvalue weighted by Gasteiger charge is 2.12. The zero-order chi connectivity index (χ0) is 14.7. The standard InChI is InChI=1S/C16H16FNOS/c1-10-6-11(2)8-12(7-10)9-19-14-5-3-4-13(17)15(14)16(18)20/h3-8H,9H2,1-2H3,(H2,18,20). The van der Waals surface area contributed by atoms with E-state index in [4.69, 9.17) is 22.7 Å². The van der Waals surface area contributed by atoms with Crippen molar-refractivity contribution >= 4 is 17.2 Å². The molecule has 0 saturated heterocycles. The third kappa shape index (κ3) is 3.33. The summed E-state index contributed by atoms with van der Waals surface area (Å²) >= 11 is 4.87. The summed E-state index contributed by atoms with van der Waals surface area (Å²) < 4.78 is 19.4. The molecule has 2 nitrogen and oxygen atoms in total. The molecule has 4 heteroatoms. The van der Waals surface area contributed by atoms with Crippen LogP contribution in [-0.4, -0.2) is 4.99 Å². The van der Waals surface area contributed by atoms with Crippen LogP contribution in [0.5, 0.6) is 5.75 Å². The smallest absolute Gasteiger partial charge is 0.137 e. The Morgan fingerprint density at radius 2 is 1.85 bits per heavy atom. The number of ether oxygens (including phenoxy) is 1. The van der Waals surface area contributed by atoms with Gasteiger partial charge in [-0.1, -0.05) is 47.6 Å². The molecule has 0 aromatic heterocycles. The third-order valence-corrected chi connectivity index (χ3v) is 3.10. The second kappa shape index (κ2) is 6.01. The Bertz CT molecular complexity index is 635. The number of aryl methyl sites for hydroxylation is 2. The molecular formula is C16H16FNOS. The van der Waals surface area contributed by atoms with Gasteiger partial charge in [0, 0.05) is 0 Å². The maximum absolute atomic E-state index is 13.7. The van der Waals surface area contributed by atoms with Crippen LogP contribution < -0.4 is 10.5 Å². The minimum absolute atomic E-state index is 0.00137. The fraction of sp³-hybridized carbons (Fsp3) is 0.188. The van der Waals surface area contributed by atoms with E-state index in [1.165, 1.54) is 6.07 Å². The number of halogens is 1. The van der Waals surface area contributed by atoms with Crippen LogP contribution in [0, 0.1) is 19.7 Å². The van der Waals surface area contributed by atoms with Crippen molar-refractivity contribution in [3.8, 4) is 5.75 Å². The van der Waals surface area contributed by atoms with Crippen LogP contribution in [0.3, 0.4) is 0 Å². The summed E-state index contributed by atoms with van der Waals surface area (Å²) in [6.07, 6.45) is 0. The molecule has 0 aliphatic carbocycles. The summed E-state index contributed by atoms with van der Waals surface area (Å²) in [6, 6.07) is 10.7. The number of hydrogen-bond donors (Lipinski definition) is 1. The highest BCUT2D eigenvalue weighted by molar-refractivity contribution is 7.80. The third-order valence-electron chi connectivity index (χ3n) is 2.90. The van der Waals surface area contributed by atoms with E-state index < -0.39 is 5.82 Å². The lowest BCUT2D eigenvalue weighted by molar-refractivity contribution is 0.304. The highest BCUT2D eigenvalue weighted by atomic mass is 32.1. The summed E-state index contributed by atoms with van der Waals surface area (Å²) in [5.74, 6) is -0.0907. The van der Waals surface area contributed by atoms with E-state index >= 15 is 0 Å². The normalized spacial score (nSPS) is 10.3. The fourth-order valence-corrected chi connectivity index (χ4v) is 2.38. The first-order valence-electron chi connectivity index (χ1n) is 6.25. The Balaban J connectivity index is 2.23. The van der Waals surface area contributed by atoms with Crippen LogP contribution in [0.4, 0.5) is 4.39 Å². The Hall–Kier alpha value is -1.94. The summed E-state index contributed by atoms with van der Waals surface area (Å²) in [5.41, 5.74) is 9.06. The molecule has 0 aliphatic rings. The van der Waals surface area contributed by atoms with Gasteiger partial charge < -0.3 is 10.5 Å². The van der Waals surface area contributed by atoms with E-state index in [9.17, 15) is 4.39 Å². The first-order chi connectivity index (χ1) is 9.47. The molecule has 0 aliphatic heterocycles. The van der Waals surface area contributed by atoms with Gasteiger partial charge in [0.05, 0.1) is 5.56 Å². The van der Waals surface area contributed by atoms with Gasteiger partial charge in [-0.25, -0.2) is 4.39 Å². The van der Waals surface area contributed by atoms with E-state index in [0.717, 1.165) is 16.7 Å². The van der Waals surface area contributed by atoms with Crippen LogP contribution in [0.15, 0.2) is 36.4 Å². The van der Waals surface area contributed by atoms with Crippen LogP contribution in [0.2, 0.25) is 0 Å². The quantitative estimate of drug-likeness (QED) is 0.873. The van der Waals surface area contributed by atoms with E-state index in [1.807, 2.05) is 26.0 Å². The number of benzene rings is 2. The molecule has 0 saturated carbocycles. The topological polar surface area (TPSA) is 35.2 Å². The Labute approximate surface area is 123 Å². The van der Waals surface area contributed by atoms with Gasteiger partial charge in [0.1, 0.15) is 23.2 Å². The molecule has 0 amide bonds. The van der Waals surface area contributed by atoms with E-state index in [2.05, 4.69) is 6.07 Å². The van der Waals surface area contributed by atoms with Crippen molar-refractivity contribution in [2.24, 2.45) is 5.73 Å². The van der Waals surface area contributed by atoms with Gasteiger partial charge >= 0.3 is 0 Å². The van der Waals surface area contributed by atoms with E-state index in [0.29, 0.717) is 12.4 Å². The van der Waals surface area contributed by atoms with Crippen LogP contribution in [-0.2, 0) is 6.61 Å². The zero-order valence-electron chi connectivity index (χ0n) is 11.4. The molecule has 0 heterocycles.